The molecule has 1 aromatic rings. The van der Waals surface area contributed by atoms with Crippen LogP contribution in [0.2, 0.25) is 0 Å². The van der Waals surface area contributed by atoms with E-state index in [0.29, 0.717) is 4.47 Å². The first kappa shape index (κ1) is 13.4. The third kappa shape index (κ3) is 4.78. The molecule has 0 aliphatic rings. The Kier molecular flexibility index (Phi) is 4.84. The van der Waals surface area contributed by atoms with E-state index in [-0.39, 0.29) is 5.56 Å². The lowest BCUT2D eigenvalue weighted by atomic mass is 10.2. The fourth-order valence-corrected chi connectivity index (χ4v) is 1.37. The van der Waals surface area contributed by atoms with Gasteiger partial charge in [0.1, 0.15) is 5.82 Å². The van der Waals surface area contributed by atoms with E-state index < -0.39 is 24.3 Å². The first-order valence-electron chi connectivity index (χ1n) is 4.57. The molecule has 0 spiro atoms. The summed E-state index contributed by atoms with van der Waals surface area (Å²) in [7, 11) is 0. The van der Waals surface area contributed by atoms with Crippen LogP contribution < -0.4 is 5.73 Å². The summed E-state index contributed by atoms with van der Waals surface area (Å²) in [5.41, 5.74) is 5.02. The molecule has 17 heavy (non-hydrogen) atoms. The Labute approximate surface area is 105 Å². The number of amides is 1. The second-order valence-electron chi connectivity index (χ2n) is 3.07. The van der Waals surface area contributed by atoms with Gasteiger partial charge in [0.15, 0.2) is 6.61 Å². The van der Waals surface area contributed by atoms with Crippen LogP contribution in [0.25, 0.3) is 6.08 Å². The van der Waals surface area contributed by atoms with E-state index in [4.69, 9.17) is 5.73 Å². The van der Waals surface area contributed by atoms with E-state index in [1.807, 2.05) is 0 Å². The molecule has 0 heterocycles. The summed E-state index contributed by atoms with van der Waals surface area (Å²) in [6, 6.07) is 4.31. The number of primary amides is 1. The Morgan fingerprint density at radius 3 is 2.82 bits per heavy atom. The van der Waals surface area contributed by atoms with Crippen molar-refractivity contribution in [2.75, 3.05) is 6.61 Å². The summed E-state index contributed by atoms with van der Waals surface area (Å²) < 4.78 is 18.4. The predicted octanol–water partition coefficient (Wildman–Crippen LogP) is 1.63. The maximum absolute atomic E-state index is 13.2. The third-order valence-corrected chi connectivity index (χ3v) is 2.21. The molecule has 0 saturated heterocycles. The maximum Gasteiger partial charge on any atom is 0.331 e. The van der Waals surface area contributed by atoms with Crippen LogP contribution in [-0.2, 0) is 14.3 Å². The van der Waals surface area contributed by atoms with E-state index in [9.17, 15) is 14.0 Å². The van der Waals surface area contributed by atoms with Crippen molar-refractivity contribution in [1.82, 2.24) is 0 Å². The summed E-state index contributed by atoms with van der Waals surface area (Å²) in [5.74, 6) is -1.98. The minimum atomic E-state index is -0.761. The Morgan fingerprint density at radius 2 is 2.18 bits per heavy atom. The second kappa shape index (κ2) is 6.15. The van der Waals surface area contributed by atoms with Crippen molar-refractivity contribution in [3.05, 3.63) is 40.1 Å². The van der Waals surface area contributed by atoms with Gasteiger partial charge in [0.2, 0.25) is 0 Å². The normalized spacial score (nSPS) is 10.5. The highest BCUT2D eigenvalue weighted by atomic mass is 79.9. The van der Waals surface area contributed by atoms with Crippen molar-refractivity contribution in [2.45, 2.75) is 0 Å². The average Bonchev–Trinajstić information content (AvgIpc) is 2.27. The fourth-order valence-electron chi connectivity index (χ4n) is 0.991. The topological polar surface area (TPSA) is 69.4 Å². The van der Waals surface area contributed by atoms with Crippen LogP contribution >= 0.6 is 15.9 Å². The highest BCUT2D eigenvalue weighted by molar-refractivity contribution is 9.10. The van der Waals surface area contributed by atoms with E-state index in [2.05, 4.69) is 20.7 Å². The number of esters is 1. The molecule has 0 aliphatic heterocycles. The Bertz CT molecular complexity index is 474. The standard InChI is InChI=1S/C11H9BrFNO3/c12-8-2-3-9(13)7(5-8)1-4-11(16)17-6-10(14)15/h1-5H,6H2,(H2,14,15)/b4-1+. The first-order chi connectivity index (χ1) is 7.99. The maximum atomic E-state index is 13.2. The molecular weight excluding hydrogens is 293 g/mol. The predicted molar refractivity (Wildman–Crippen MR) is 63.3 cm³/mol. The summed E-state index contributed by atoms with van der Waals surface area (Å²) in [6.45, 7) is -0.496. The lowest BCUT2D eigenvalue weighted by molar-refractivity contribution is -0.142. The van der Waals surface area contributed by atoms with Gasteiger partial charge in [0, 0.05) is 16.1 Å². The summed E-state index contributed by atoms with van der Waals surface area (Å²) in [6.07, 6.45) is 2.28. The first-order valence-corrected chi connectivity index (χ1v) is 5.36. The van der Waals surface area contributed by atoms with Gasteiger partial charge in [-0.3, -0.25) is 4.79 Å². The van der Waals surface area contributed by atoms with Gasteiger partial charge in [-0.25, -0.2) is 9.18 Å². The SMILES string of the molecule is NC(=O)COC(=O)/C=C/c1cc(Br)ccc1F. The molecule has 0 saturated carbocycles. The highest BCUT2D eigenvalue weighted by Gasteiger charge is 2.02. The van der Waals surface area contributed by atoms with Crippen LogP contribution in [0, 0.1) is 5.82 Å². The van der Waals surface area contributed by atoms with Gasteiger partial charge in [0.05, 0.1) is 0 Å². The van der Waals surface area contributed by atoms with E-state index in [1.165, 1.54) is 24.3 Å². The van der Waals surface area contributed by atoms with Crippen LogP contribution in [0.3, 0.4) is 0 Å². The van der Waals surface area contributed by atoms with Gasteiger partial charge < -0.3 is 10.5 Å². The molecule has 0 atom stereocenters. The van der Waals surface area contributed by atoms with Crippen LogP contribution in [0.4, 0.5) is 4.39 Å². The van der Waals surface area contributed by atoms with Crippen LogP contribution in [0.5, 0.6) is 0 Å². The van der Waals surface area contributed by atoms with Crippen LogP contribution in [-0.4, -0.2) is 18.5 Å². The number of carbonyl (C=O) groups is 2. The molecule has 0 bridgehead atoms. The van der Waals surface area contributed by atoms with Gasteiger partial charge in [-0.1, -0.05) is 15.9 Å². The number of nitrogens with two attached hydrogens (primary N) is 1. The smallest absolute Gasteiger partial charge is 0.331 e. The Hall–Kier alpha value is -1.69. The average molecular weight is 302 g/mol. The number of hydrogen-bond donors (Lipinski definition) is 1. The second-order valence-corrected chi connectivity index (χ2v) is 3.99. The molecule has 0 fully saturated rings. The van der Waals surface area contributed by atoms with Gasteiger partial charge in [-0.2, -0.15) is 0 Å². The molecule has 0 unspecified atom stereocenters. The number of ether oxygens (including phenoxy) is 1. The lowest BCUT2D eigenvalue weighted by Crippen LogP contribution is -2.19. The van der Waals surface area contributed by atoms with Crippen molar-refractivity contribution in [1.29, 1.82) is 0 Å². The summed E-state index contributed by atoms with van der Waals surface area (Å²) in [4.78, 5) is 21.4. The number of halogens is 2. The molecule has 0 aliphatic carbocycles. The molecule has 1 amide bonds. The third-order valence-electron chi connectivity index (χ3n) is 1.71. The molecule has 90 valence electrons. The molecule has 0 aromatic heterocycles. The zero-order chi connectivity index (χ0) is 12.8. The van der Waals surface area contributed by atoms with E-state index in [1.54, 1.807) is 0 Å². The summed E-state index contributed by atoms with van der Waals surface area (Å²) >= 11 is 3.18. The highest BCUT2D eigenvalue weighted by Crippen LogP contribution is 2.16. The monoisotopic (exact) mass is 301 g/mol. The quantitative estimate of drug-likeness (QED) is 0.679. The van der Waals surface area contributed by atoms with Crippen molar-refractivity contribution >= 4 is 33.9 Å². The Morgan fingerprint density at radius 1 is 1.47 bits per heavy atom. The van der Waals surface area contributed by atoms with E-state index in [0.717, 1.165) is 6.08 Å². The van der Waals surface area contributed by atoms with Crippen molar-refractivity contribution in [3.63, 3.8) is 0 Å². The van der Waals surface area contributed by atoms with Gasteiger partial charge >= 0.3 is 5.97 Å². The van der Waals surface area contributed by atoms with Crippen LogP contribution in [0.15, 0.2) is 28.7 Å². The van der Waals surface area contributed by atoms with Gasteiger partial charge in [-0.05, 0) is 24.3 Å². The van der Waals surface area contributed by atoms with Crippen molar-refractivity contribution in [3.8, 4) is 0 Å². The van der Waals surface area contributed by atoms with Crippen LogP contribution in [0.1, 0.15) is 5.56 Å². The van der Waals surface area contributed by atoms with Gasteiger partial charge in [0.25, 0.3) is 5.91 Å². The number of benzene rings is 1. The molecule has 1 rings (SSSR count). The zero-order valence-electron chi connectivity index (χ0n) is 8.65. The molecule has 0 radical (unpaired) electrons. The van der Waals surface area contributed by atoms with Crippen molar-refractivity contribution in [2.24, 2.45) is 5.73 Å². The summed E-state index contributed by atoms with van der Waals surface area (Å²) in [5, 5.41) is 0. The Balaban J connectivity index is 2.67. The minimum Gasteiger partial charge on any atom is -0.452 e. The molecule has 6 heteroatoms. The fraction of sp³-hybridized carbons (Fsp3) is 0.0909. The zero-order valence-corrected chi connectivity index (χ0v) is 10.2. The molecule has 1 aromatic carbocycles. The van der Waals surface area contributed by atoms with Crippen molar-refractivity contribution < 1.29 is 18.7 Å². The minimum absolute atomic E-state index is 0.232. The number of hydrogen-bond acceptors (Lipinski definition) is 3. The number of rotatable bonds is 4. The lowest BCUT2D eigenvalue weighted by Gasteiger charge is -1.99. The largest absolute Gasteiger partial charge is 0.452 e. The molecular formula is C11H9BrFNO3. The molecule has 4 nitrogen and oxygen atoms in total. The van der Waals surface area contributed by atoms with E-state index >= 15 is 0 Å². The molecule has 2 N–H and O–H groups in total. The number of carbonyl (C=O) groups excluding carboxylic acids is 2. The van der Waals surface area contributed by atoms with Gasteiger partial charge in [-0.15, -0.1) is 0 Å².